The highest BCUT2D eigenvalue weighted by atomic mass is 32.1. The molecule has 0 aromatic carbocycles. The maximum atomic E-state index is 14.2. The van der Waals surface area contributed by atoms with Crippen LogP contribution in [0.15, 0.2) is 12.3 Å². The molecule has 1 aliphatic carbocycles. The van der Waals surface area contributed by atoms with E-state index < -0.39 is 17.2 Å². The Balaban J connectivity index is 1.37. The molecule has 2 saturated heterocycles. The molecule has 0 spiro atoms. The number of nitrogens with zero attached hydrogens (tertiary/aromatic N) is 3. The van der Waals surface area contributed by atoms with Crippen molar-refractivity contribution in [3.05, 3.63) is 29.1 Å². The largest absolute Gasteiger partial charge is 0.417 e. The van der Waals surface area contributed by atoms with Crippen molar-refractivity contribution in [3.8, 4) is 0 Å². The Morgan fingerprint density at radius 3 is 2.89 bits per heavy atom. The van der Waals surface area contributed by atoms with Crippen molar-refractivity contribution in [2.45, 2.75) is 56.6 Å². The van der Waals surface area contributed by atoms with Crippen molar-refractivity contribution in [1.82, 2.24) is 25.4 Å². The first-order valence-corrected chi connectivity index (χ1v) is 13.2. The quantitative estimate of drug-likeness (QED) is 0.561. The van der Waals surface area contributed by atoms with Gasteiger partial charge in [0.05, 0.1) is 23.7 Å². The van der Waals surface area contributed by atoms with Gasteiger partial charge in [0.2, 0.25) is 5.91 Å². The normalized spacial score (nSPS) is 31.7. The van der Waals surface area contributed by atoms with E-state index in [-0.39, 0.29) is 36.6 Å². The van der Waals surface area contributed by atoms with Gasteiger partial charge in [-0.1, -0.05) is 0 Å². The van der Waals surface area contributed by atoms with Crippen molar-refractivity contribution in [1.29, 1.82) is 0 Å². The molecule has 1 aromatic heterocycles. The number of rotatable bonds is 4. The van der Waals surface area contributed by atoms with Crippen LogP contribution in [0.5, 0.6) is 0 Å². The molecule has 3 aliphatic heterocycles. The number of methoxy groups -OCH3 is 1. The van der Waals surface area contributed by atoms with Crippen molar-refractivity contribution < 1.29 is 27.4 Å². The summed E-state index contributed by atoms with van der Waals surface area (Å²) < 4.78 is 51.1. The minimum Gasteiger partial charge on any atom is -0.379 e. The Bertz CT molecular complexity index is 1040. The fourth-order valence-corrected chi connectivity index (χ4v) is 6.79. The van der Waals surface area contributed by atoms with Gasteiger partial charge in [-0.25, -0.2) is 0 Å². The number of fused-ring (bicyclic) bond motifs is 2. The van der Waals surface area contributed by atoms with Gasteiger partial charge in [-0.3, -0.25) is 9.78 Å². The number of carbonyl (C=O) groups excluding carboxylic acids is 1. The molecular formula is C25H34F3N5O3S. The second-order valence-corrected chi connectivity index (χ2v) is 11.0. The zero-order valence-corrected chi connectivity index (χ0v) is 22.0. The molecule has 4 heterocycles. The van der Waals surface area contributed by atoms with Crippen LogP contribution < -0.4 is 10.6 Å². The number of hydrogen-bond acceptors (Lipinski definition) is 6. The molecule has 5 rings (SSSR count). The van der Waals surface area contributed by atoms with Crippen molar-refractivity contribution >= 4 is 23.2 Å². The average molecular weight is 542 g/mol. The van der Waals surface area contributed by atoms with Gasteiger partial charge in [0.25, 0.3) is 0 Å². The van der Waals surface area contributed by atoms with E-state index in [9.17, 15) is 18.0 Å². The standard InChI is InChI=1S/C25H34F3N5O3S/c1-29-23(37)33-12-17-8-18(31-20-4-6-36-13-21(20)35-2)9-24(17,14-33)22(34)32-5-3-19-15(11-32)7-16(10-30-19)25(26,27)28/h7,10,17-18,20-21,31H,3-6,8-9,11-14H2,1-2H3,(H,29,37). The molecule has 204 valence electrons. The topological polar surface area (TPSA) is 79.0 Å². The first-order valence-electron chi connectivity index (χ1n) is 12.8. The van der Waals surface area contributed by atoms with Crippen LogP contribution in [-0.2, 0) is 33.4 Å². The average Bonchev–Trinajstić information content (AvgIpc) is 3.41. The first-order chi connectivity index (χ1) is 17.6. The SMILES string of the molecule is CNC(=S)N1CC2CC(NC3CCOCC3OC)CC2(C(=O)N2CCc3ncc(C(F)(F)F)cc3C2)C1. The van der Waals surface area contributed by atoms with Crippen LogP contribution in [0, 0.1) is 11.3 Å². The van der Waals surface area contributed by atoms with Crippen LogP contribution in [-0.4, -0.2) is 91.0 Å². The highest BCUT2D eigenvalue weighted by molar-refractivity contribution is 7.80. The number of ether oxygens (including phenoxy) is 2. The summed E-state index contributed by atoms with van der Waals surface area (Å²) in [6.07, 6.45) is -0.866. The molecule has 1 amide bonds. The first kappa shape index (κ1) is 26.6. The predicted octanol–water partition coefficient (Wildman–Crippen LogP) is 1.96. The Kier molecular flexibility index (Phi) is 7.38. The Hall–Kier alpha value is -2.02. The van der Waals surface area contributed by atoms with Gasteiger partial charge in [-0.2, -0.15) is 13.2 Å². The fourth-order valence-electron chi connectivity index (χ4n) is 6.65. The van der Waals surface area contributed by atoms with E-state index in [2.05, 4.69) is 20.5 Å². The third-order valence-corrected chi connectivity index (χ3v) is 8.98. The van der Waals surface area contributed by atoms with Crippen LogP contribution in [0.1, 0.15) is 36.1 Å². The number of pyridine rings is 1. The van der Waals surface area contributed by atoms with Gasteiger partial charge >= 0.3 is 6.18 Å². The van der Waals surface area contributed by atoms with Crippen molar-refractivity contribution in [3.63, 3.8) is 0 Å². The maximum absolute atomic E-state index is 14.2. The molecule has 5 unspecified atom stereocenters. The molecule has 2 N–H and O–H groups in total. The minimum absolute atomic E-state index is 0.00142. The Morgan fingerprint density at radius 1 is 1.35 bits per heavy atom. The lowest BCUT2D eigenvalue weighted by Gasteiger charge is -2.38. The fraction of sp³-hybridized carbons (Fsp3) is 0.720. The monoisotopic (exact) mass is 541 g/mol. The lowest BCUT2D eigenvalue weighted by atomic mass is 9.78. The second kappa shape index (κ2) is 10.3. The van der Waals surface area contributed by atoms with Crippen LogP contribution in [0.25, 0.3) is 0 Å². The highest BCUT2D eigenvalue weighted by Gasteiger charge is 2.59. The molecule has 1 aromatic rings. The van der Waals surface area contributed by atoms with E-state index >= 15 is 0 Å². The lowest BCUT2D eigenvalue weighted by molar-refractivity contribution is -0.143. The Labute approximate surface area is 220 Å². The molecule has 37 heavy (non-hydrogen) atoms. The number of nitrogens with one attached hydrogen (secondary N) is 2. The zero-order chi connectivity index (χ0) is 26.4. The molecule has 0 radical (unpaired) electrons. The van der Waals surface area contributed by atoms with E-state index in [0.29, 0.717) is 62.1 Å². The summed E-state index contributed by atoms with van der Waals surface area (Å²) in [5.74, 6) is 0.0900. The molecule has 5 atom stereocenters. The van der Waals surface area contributed by atoms with E-state index in [1.165, 1.54) is 0 Å². The Morgan fingerprint density at radius 2 is 2.16 bits per heavy atom. The van der Waals surface area contributed by atoms with E-state index in [1.807, 2.05) is 0 Å². The highest BCUT2D eigenvalue weighted by Crippen LogP contribution is 2.50. The van der Waals surface area contributed by atoms with Gasteiger partial charge in [-0.05, 0) is 49.0 Å². The van der Waals surface area contributed by atoms with Gasteiger partial charge in [0.15, 0.2) is 5.11 Å². The maximum Gasteiger partial charge on any atom is 0.417 e. The van der Waals surface area contributed by atoms with Gasteiger partial charge in [-0.15, -0.1) is 0 Å². The molecular weight excluding hydrogens is 507 g/mol. The molecule has 1 saturated carbocycles. The van der Waals surface area contributed by atoms with Crippen molar-refractivity contribution in [2.75, 3.05) is 47.0 Å². The summed E-state index contributed by atoms with van der Waals surface area (Å²) in [4.78, 5) is 22.1. The van der Waals surface area contributed by atoms with Gasteiger partial charge < -0.3 is 29.9 Å². The summed E-state index contributed by atoms with van der Waals surface area (Å²) in [6.45, 7) is 2.97. The van der Waals surface area contributed by atoms with Crippen LogP contribution in [0.3, 0.4) is 0 Å². The van der Waals surface area contributed by atoms with Crippen LogP contribution in [0.4, 0.5) is 13.2 Å². The van der Waals surface area contributed by atoms with Gasteiger partial charge in [0.1, 0.15) is 0 Å². The van der Waals surface area contributed by atoms with E-state index in [4.69, 9.17) is 21.7 Å². The predicted molar refractivity (Wildman–Crippen MR) is 134 cm³/mol. The third-order valence-electron chi connectivity index (χ3n) is 8.51. The van der Waals surface area contributed by atoms with Crippen LogP contribution >= 0.6 is 12.2 Å². The number of alkyl halides is 3. The van der Waals surface area contributed by atoms with Gasteiger partial charge in [0, 0.05) is 77.3 Å². The number of carbonyl (C=O) groups is 1. The van der Waals surface area contributed by atoms with Crippen LogP contribution in [0.2, 0.25) is 0 Å². The molecule has 0 bridgehead atoms. The number of likely N-dealkylation sites (tertiary alicyclic amines) is 1. The van der Waals surface area contributed by atoms with E-state index in [1.54, 1.807) is 19.1 Å². The summed E-state index contributed by atoms with van der Waals surface area (Å²) >= 11 is 5.51. The number of thiocarbonyl (C=S) groups is 1. The molecule has 12 heteroatoms. The second-order valence-electron chi connectivity index (χ2n) is 10.6. The number of halogens is 3. The lowest BCUT2D eigenvalue weighted by Crippen LogP contribution is -2.52. The zero-order valence-electron chi connectivity index (χ0n) is 21.1. The third kappa shape index (κ3) is 5.05. The number of aromatic nitrogens is 1. The summed E-state index contributed by atoms with van der Waals surface area (Å²) in [5, 5.41) is 7.39. The summed E-state index contributed by atoms with van der Waals surface area (Å²) in [7, 11) is 3.46. The number of hydrogen-bond donors (Lipinski definition) is 2. The smallest absolute Gasteiger partial charge is 0.379 e. The number of amides is 1. The molecule has 3 fully saturated rings. The van der Waals surface area contributed by atoms with E-state index in [0.717, 1.165) is 25.1 Å². The molecule has 4 aliphatic rings. The summed E-state index contributed by atoms with van der Waals surface area (Å²) in [5.41, 5.74) is -0.330. The minimum atomic E-state index is -4.47. The summed E-state index contributed by atoms with van der Waals surface area (Å²) in [6, 6.07) is 1.43. The van der Waals surface area contributed by atoms with Crippen molar-refractivity contribution in [2.24, 2.45) is 11.3 Å². The molecule has 8 nitrogen and oxygen atoms in total.